The first-order valence-electron chi connectivity index (χ1n) is 4.46. The monoisotopic (exact) mass is 308 g/mol. The van der Waals surface area contributed by atoms with Gasteiger partial charge in [-0.1, -0.05) is 0 Å². The van der Waals surface area contributed by atoms with Gasteiger partial charge in [0.25, 0.3) is 0 Å². The Hall–Kier alpha value is 0.170. The van der Waals surface area contributed by atoms with Gasteiger partial charge in [-0.15, -0.1) is 12.4 Å². The molecule has 18 heavy (non-hydrogen) atoms. The predicted molar refractivity (Wildman–Crippen MR) is 62.4 cm³/mol. The molecule has 4 N–H and O–H groups in total. The summed E-state index contributed by atoms with van der Waals surface area (Å²) in [4.78, 5) is 32.2. The first kappa shape index (κ1) is 23.3. The van der Waals surface area contributed by atoms with Gasteiger partial charge < -0.3 is 26.1 Å². The van der Waals surface area contributed by atoms with Gasteiger partial charge in [-0.05, 0) is 6.42 Å². The Morgan fingerprint density at radius 3 is 2.11 bits per heavy atom. The standard InChI is InChI=1S/C8H14N2O5S.ClH.Na/c9-4(7(12)13)1-2-6(11)15-8(14)5(10)3-16;;/h4-5,16H,1-3,9-10H2,(H,12,13);1H;/q;;+1/p-1/t4-,5-;;/m0../s1. The van der Waals surface area contributed by atoms with Crippen LogP contribution in [0.2, 0.25) is 0 Å². The van der Waals surface area contributed by atoms with Crippen LogP contribution in [0.5, 0.6) is 0 Å². The van der Waals surface area contributed by atoms with E-state index in [-0.39, 0.29) is 60.6 Å². The van der Waals surface area contributed by atoms with E-state index >= 15 is 0 Å². The van der Waals surface area contributed by atoms with Crippen molar-refractivity contribution in [3.63, 3.8) is 0 Å². The molecule has 0 aromatic rings. The Bertz CT molecular complexity index is 295. The van der Waals surface area contributed by atoms with Gasteiger partial charge in [0.2, 0.25) is 0 Å². The Morgan fingerprint density at radius 1 is 1.22 bits per heavy atom. The minimum absolute atomic E-state index is 0. The number of thiol groups is 1. The number of carbonyl (C=O) groups is 3. The molecule has 0 spiro atoms. The van der Waals surface area contributed by atoms with Gasteiger partial charge in [-0.3, -0.25) is 4.79 Å². The van der Waals surface area contributed by atoms with Crippen LogP contribution in [-0.2, 0) is 19.1 Å². The second-order valence-electron chi connectivity index (χ2n) is 3.05. The maximum atomic E-state index is 11.0. The minimum atomic E-state index is -1.47. The summed E-state index contributed by atoms with van der Waals surface area (Å²) in [7, 11) is 0. The molecular weight excluding hydrogens is 295 g/mol. The number of nitrogens with two attached hydrogens (primary N) is 2. The van der Waals surface area contributed by atoms with Gasteiger partial charge in [0.15, 0.2) is 0 Å². The van der Waals surface area contributed by atoms with E-state index in [1.807, 2.05) is 0 Å². The minimum Gasteiger partial charge on any atom is -0.548 e. The second kappa shape index (κ2) is 12.2. The molecule has 0 amide bonds. The van der Waals surface area contributed by atoms with Gasteiger partial charge in [0, 0.05) is 18.2 Å². The van der Waals surface area contributed by atoms with E-state index < -0.39 is 30.0 Å². The Balaban J connectivity index is -0.00000112. The summed E-state index contributed by atoms with van der Waals surface area (Å²) in [6.45, 7) is 0. The first-order valence-corrected chi connectivity index (χ1v) is 5.09. The van der Waals surface area contributed by atoms with Gasteiger partial charge in [-0.25, -0.2) is 4.79 Å². The third-order valence-electron chi connectivity index (χ3n) is 1.68. The number of hydrogen-bond acceptors (Lipinski definition) is 8. The number of rotatable bonds is 6. The molecule has 100 valence electrons. The molecule has 0 rings (SSSR count). The zero-order chi connectivity index (χ0) is 12.7. The summed E-state index contributed by atoms with van der Waals surface area (Å²) < 4.78 is 4.31. The molecule has 0 saturated heterocycles. The third-order valence-corrected chi connectivity index (χ3v) is 2.07. The van der Waals surface area contributed by atoms with E-state index in [0.717, 1.165) is 0 Å². The fourth-order valence-corrected chi connectivity index (χ4v) is 0.854. The quantitative estimate of drug-likeness (QED) is 0.193. The fourth-order valence-electron chi connectivity index (χ4n) is 0.705. The Morgan fingerprint density at radius 2 is 1.72 bits per heavy atom. The largest absolute Gasteiger partial charge is 1.00 e. The summed E-state index contributed by atoms with van der Waals surface area (Å²) in [5.74, 6) is -3.20. The fraction of sp³-hybridized carbons (Fsp3) is 0.625. The summed E-state index contributed by atoms with van der Waals surface area (Å²) in [6, 6.07) is -2.25. The van der Waals surface area contributed by atoms with Crippen LogP contribution in [0.4, 0.5) is 0 Å². The molecule has 0 aliphatic carbocycles. The van der Waals surface area contributed by atoms with Crippen LogP contribution in [-0.4, -0.2) is 35.7 Å². The zero-order valence-corrected chi connectivity index (χ0v) is 13.5. The molecule has 0 aromatic heterocycles. The Kier molecular flexibility index (Phi) is 15.8. The summed E-state index contributed by atoms with van der Waals surface area (Å²) >= 11 is 3.75. The molecular formula is C8H14ClN2NaO5S. The van der Waals surface area contributed by atoms with Crippen molar-refractivity contribution in [1.82, 2.24) is 0 Å². The molecule has 7 nitrogen and oxygen atoms in total. The summed E-state index contributed by atoms with van der Waals surface area (Å²) in [5, 5.41) is 10.2. The number of carboxylic acids is 1. The van der Waals surface area contributed by atoms with Crippen LogP contribution < -0.4 is 46.1 Å². The maximum absolute atomic E-state index is 11.0. The first-order chi connectivity index (χ1) is 7.38. The molecule has 0 bridgehead atoms. The Labute approximate surface area is 138 Å². The van der Waals surface area contributed by atoms with E-state index in [2.05, 4.69) is 17.4 Å². The molecule has 0 unspecified atom stereocenters. The number of carbonyl (C=O) groups excluding carboxylic acids is 3. The van der Waals surface area contributed by atoms with Gasteiger partial charge >= 0.3 is 41.5 Å². The van der Waals surface area contributed by atoms with Crippen molar-refractivity contribution in [3.8, 4) is 0 Å². The van der Waals surface area contributed by atoms with Crippen LogP contribution in [0.3, 0.4) is 0 Å². The number of hydrogen-bond donors (Lipinski definition) is 3. The van der Waals surface area contributed by atoms with E-state index in [4.69, 9.17) is 11.5 Å². The molecule has 0 aliphatic rings. The van der Waals surface area contributed by atoms with Crippen molar-refractivity contribution in [1.29, 1.82) is 0 Å². The van der Waals surface area contributed by atoms with Gasteiger partial charge in [0.1, 0.15) is 6.04 Å². The molecule has 0 radical (unpaired) electrons. The summed E-state index contributed by atoms with van der Waals surface area (Å²) in [5.41, 5.74) is 10.3. The smallest absolute Gasteiger partial charge is 0.548 e. The topological polar surface area (TPSA) is 136 Å². The summed E-state index contributed by atoms with van der Waals surface area (Å²) in [6.07, 6.45) is -0.454. The molecule has 0 aromatic carbocycles. The van der Waals surface area contributed by atoms with Crippen LogP contribution in [0.25, 0.3) is 0 Å². The number of ether oxygens (including phenoxy) is 1. The van der Waals surface area contributed by atoms with Crippen molar-refractivity contribution < 1.29 is 53.8 Å². The van der Waals surface area contributed by atoms with Crippen LogP contribution in [0, 0.1) is 0 Å². The average Bonchev–Trinajstić information content (AvgIpc) is 2.24. The van der Waals surface area contributed by atoms with Crippen molar-refractivity contribution in [2.24, 2.45) is 11.5 Å². The molecule has 0 heterocycles. The van der Waals surface area contributed by atoms with E-state index in [1.165, 1.54) is 0 Å². The molecule has 10 heteroatoms. The zero-order valence-electron chi connectivity index (χ0n) is 9.83. The molecule has 2 atom stereocenters. The van der Waals surface area contributed by atoms with Crippen LogP contribution in [0.15, 0.2) is 0 Å². The van der Waals surface area contributed by atoms with Crippen molar-refractivity contribution in [2.45, 2.75) is 24.9 Å². The molecule has 0 aliphatic heterocycles. The van der Waals surface area contributed by atoms with E-state index in [0.29, 0.717) is 0 Å². The number of aliphatic carboxylic acids is 1. The number of halogens is 1. The maximum Gasteiger partial charge on any atom is 1.00 e. The molecule has 0 saturated carbocycles. The van der Waals surface area contributed by atoms with Crippen molar-refractivity contribution >= 4 is 42.9 Å². The van der Waals surface area contributed by atoms with E-state index in [9.17, 15) is 19.5 Å². The van der Waals surface area contributed by atoms with Crippen LogP contribution >= 0.6 is 25.0 Å². The second-order valence-corrected chi connectivity index (χ2v) is 3.41. The number of carboxylic acid groups (broad SMARTS) is 1. The van der Waals surface area contributed by atoms with E-state index in [1.54, 1.807) is 0 Å². The molecule has 0 fully saturated rings. The third kappa shape index (κ3) is 10.1. The van der Waals surface area contributed by atoms with Gasteiger partial charge in [-0.2, -0.15) is 12.6 Å². The average molecular weight is 309 g/mol. The van der Waals surface area contributed by atoms with Crippen LogP contribution in [0.1, 0.15) is 12.8 Å². The van der Waals surface area contributed by atoms with Crippen molar-refractivity contribution in [2.75, 3.05) is 5.75 Å². The normalized spacial score (nSPS) is 12.4. The number of esters is 2. The SMILES string of the molecule is Cl.N[C@@H](CCC(=O)OC(=O)[C@@H](N)CS)C(=O)[O-].[Na+]. The predicted octanol–water partition coefficient (Wildman–Crippen LogP) is -5.40. The van der Waals surface area contributed by atoms with Gasteiger partial charge in [0.05, 0.1) is 5.97 Å². The van der Waals surface area contributed by atoms with Crippen molar-refractivity contribution in [3.05, 3.63) is 0 Å².